The molecular weight excluding hydrogens is 204 g/mol. The molecule has 2 aliphatic rings. The van der Waals surface area contributed by atoms with Gasteiger partial charge < -0.3 is 16.2 Å². The largest absolute Gasteiger partial charge is 0.393 e. The van der Waals surface area contributed by atoms with E-state index < -0.39 is 0 Å². The van der Waals surface area contributed by atoms with Gasteiger partial charge in [0.1, 0.15) is 0 Å². The van der Waals surface area contributed by atoms with Gasteiger partial charge in [-0.3, -0.25) is 4.79 Å². The third-order valence-electron chi connectivity index (χ3n) is 3.96. The van der Waals surface area contributed by atoms with Crippen LogP contribution in [0.3, 0.4) is 0 Å². The van der Waals surface area contributed by atoms with E-state index in [0.29, 0.717) is 18.9 Å². The molecule has 2 rings (SSSR count). The third-order valence-corrected chi connectivity index (χ3v) is 3.96. The highest BCUT2D eigenvalue weighted by atomic mass is 16.3. The monoisotopic (exact) mass is 226 g/mol. The van der Waals surface area contributed by atoms with Crippen LogP contribution in [0, 0.1) is 5.92 Å². The first kappa shape index (κ1) is 11.9. The first-order valence-corrected chi connectivity index (χ1v) is 6.31. The van der Waals surface area contributed by atoms with Crippen molar-refractivity contribution >= 4 is 5.91 Å². The van der Waals surface area contributed by atoms with E-state index in [1.54, 1.807) is 0 Å². The molecule has 0 aromatic rings. The normalized spacial score (nSPS) is 32.1. The van der Waals surface area contributed by atoms with Gasteiger partial charge >= 0.3 is 0 Å². The number of hydrogen-bond acceptors (Lipinski definition) is 3. The van der Waals surface area contributed by atoms with Gasteiger partial charge in [-0.05, 0) is 44.4 Å². The smallest absolute Gasteiger partial charge is 0.221 e. The van der Waals surface area contributed by atoms with Crippen LogP contribution in [0.15, 0.2) is 0 Å². The first-order valence-electron chi connectivity index (χ1n) is 6.31. The maximum Gasteiger partial charge on any atom is 0.221 e. The molecule has 0 bridgehead atoms. The van der Waals surface area contributed by atoms with Crippen LogP contribution in [0.4, 0.5) is 0 Å². The maximum absolute atomic E-state index is 11.6. The Balaban J connectivity index is 1.64. The minimum Gasteiger partial charge on any atom is -0.393 e. The minimum absolute atomic E-state index is 0.0728. The average Bonchev–Trinajstić information content (AvgIpc) is 2.59. The number of carbonyl (C=O) groups is 1. The topological polar surface area (TPSA) is 75.4 Å². The molecule has 0 saturated heterocycles. The molecule has 4 heteroatoms. The van der Waals surface area contributed by atoms with E-state index in [2.05, 4.69) is 5.32 Å². The van der Waals surface area contributed by atoms with Gasteiger partial charge in [0.25, 0.3) is 0 Å². The summed E-state index contributed by atoms with van der Waals surface area (Å²) in [6.45, 7) is 0.700. The average molecular weight is 226 g/mol. The highest BCUT2D eigenvalue weighted by Crippen LogP contribution is 2.32. The number of nitrogens with one attached hydrogen (secondary N) is 1. The zero-order valence-electron chi connectivity index (χ0n) is 9.74. The molecule has 92 valence electrons. The number of rotatable bonds is 4. The van der Waals surface area contributed by atoms with Crippen molar-refractivity contribution in [3.8, 4) is 0 Å². The summed E-state index contributed by atoms with van der Waals surface area (Å²) in [6, 6.07) is 0. The molecule has 0 aliphatic heterocycles. The first-order chi connectivity index (χ1) is 7.57. The Labute approximate surface area is 96.6 Å². The number of nitrogens with two attached hydrogens (primary N) is 1. The van der Waals surface area contributed by atoms with Crippen molar-refractivity contribution in [2.24, 2.45) is 11.7 Å². The van der Waals surface area contributed by atoms with Crippen molar-refractivity contribution in [3.05, 3.63) is 0 Å². The maximum atomic E-state index is 11.6. The molecule has 2 fully saturated rings. The van der Waals surface area contributed by atoms with Crippen LogP contribution < -0.4 is 11.1 Å². The van der Waals surface area contributed by atoms with Crippen LogP contribution in [0.25, 0.3) is 0 Å². The van der Waals surface area contributed by atoms with Crippen molar-refractivity contribution in [2.75, 3.05) is 6.54 Å². The highest BCUT2D eigenvalue weighted by molar-refractivity contribution is 5.77. The van der Waals surface area contributed by atoms with E-state index in [0.717, 1.165) is 38.5 Å². The van der Waals surface area contributed by atoms with Gasteiger partial charge in [-0.2, -0.15) is 0 Å². The number of aliphatic hydroxyl groups is 1. The molecule has 2 atom stereocenters. The van der Waals surface area contributed by atoms with Gasteiger partial charge in [0, 0.05) is 18.5 Å². The van der Waals surface area contributed by atoms with E-state index in [-0.39, 0.29) is 17.6 Å². The summed E-state index contributed by atoms with van der Waals surface area (Å²) in [5, 5.41) is 12.3. The Kier molecular flexibility index (Phi) is 3.50. The van der Waals surface area contributed by atoms with E-state index >= 15 is 0 Å². The summed E-state index contributed by atoms with van der Waals surface area (Å²) in [7, 11) is 0. The van der Waals surface area contributed by atoms with Crippen LogP contribution >= 0.6 is 0 Å². The Morgan fingerprint density at radius 1 is 1.44 bits per heavy atom. The molecule has 2 saturated carbocycles. The fourth-order valence-corrected chi connectivity index (χ4v) is 2.68. The predicted octanol–water partition coefficient (Wildman–Crippen LogP) is 0.535. The standard InChI is InChI=1S/C12H22N2O2/c13-12(4-1-5-12)7-11(16)14-8-9-2-3-10(15)6-9/h9-10,15H,1-8,13H2,(H,14,16). The van der Waals surface area contributed by atoms with Gasteiger partial charge in [-0.15, -0.1) is 0 Å². The van der Waals surface area contributed by atoms with Crippen molar-refractivity contribution in [1.29, 1.82) is 0 Å². The SMILES string of the molecule is NC1(CC(=O)NCC2CCC(O)C2)CCC1. The van der Waals surface area contributed by atoms with Gasteiger partial charge in [0.15, 0.2) is 0 Å². The van der Waals surface area contributed by atoms with Crippen LogP contribution in [-0.2, 0) is 4.79 Å². The van der Waals surface area contributed by atoms with Crippen LogP contribution in [0.5, 0.6) is 0 Å². The van der Waals surface area contributed by atoms with E-state index in [4.69, 9.17) is 5.73 Å². The fourth-order valence-electron chi connectivity index (χ4n) is 2.68. The Morgan fingerprint density at radius 2 is 2.19 bits per heavy atom. The minimum atomic E-state index is -0.223. The molecule has 4 nitrogen and oxygen atoms in total. The lowest BCUT2D eigenvalue weighted by molar-refractivity contribution is -0.123. The molecule has 0 heterocycles. The summed E-state index contributed by atoms with van der Waals surface area (Å²) >= 11 is 0. The van der Waals surface area contributed by atoms with Crippen molar-refractivity contribution < 1.29 is 9.90 Å². The predicted molar refractivity (Wildman–Crippen MR) is 61.7 cm³/mol. The summed E-state index contributed by atoms with van der Waals surface area (Å²) < 4.78 is 0. The number of hydrogen-bond donors (Lipinski definition) is 3. The van der Waals surface area contributed by atoms with Gasteiger partial charge in [0.05, 0.1) is 6.10 Å². The molecule has 0 aromatic heterocycles. The lowest BCUT2D eigenvalue weighted by atomic mass is 9.75. The Morgan fingerprint density at radius 3 is 2.69 bits per heavy atom. The number of aliphatic hydroxyl groups excluding tert-OH is 1. The second kappa shape index (κ2) is 4.72. The molecular formula is C12H22N2O2. The van der Waals surface area contributed by atoms with Crippen molar-refractivity contribution in [2.45, 2.75) is 56.6 Å². The van der Waals surface area contributed by atoms with Crippen LogP contribution in [0.1, 0.15) is 44.9 Å². The summed E-state index contributed by atoms with van der Waals surface area (Å²) in [4.78, 5) is 11.6. The van der Waals surface area contributed by atoms with Crippen LogP contribution in [0.2, 0.25) is 0 Å². The molecule has 0 spiro atoms. The molecule has 0 radical (unpaired) electrons. The second-order valence-electron chi connectivity index (χ2n) is 5.53. The van der Waals surface area contributed by atoms with E-state index in [9.17, 15) is 9.90 Å². The fraction of sp³-hybridized carbons (Fsp3) is 0.917. The number of amides is 1. The van der Waals surface area contributed by atoms with Gasteiger partial charge in [0.2, 0.25) is 5.91 Å². The molecule has 2 aliphatic carbocycles. The summed E-state index contributed by atoms with van der Waals surface area (Å²) in [5.74, 6) is 0.526. The van der Waals surface area contributed by atoms with Crippen molar-refractivity contribution in [1.82, 2.24) is 5.32 Å². The third kappa shape index (κ3) is 2.95. The van der Waals surface area contributed by atoms with Crippen molar-refractivity contribution in [3.63, 3.8) is 0 Å². The zero-order chi connectivity index (χ0) is 11.6. The highest BCUT2D eigenvalue weighted by Gasteiger charge is 2.34. The quantitative estimate of drug-likeness (QED) is 0.654. The van der Waals surface area contributed by atoms with Gasteiger partial charge in [-0.25, -0.2) is 0 Å². The molecule has 16 heavy (non-hydrogen) atoms. The molecule has 4 N–H and O–H groups in total. The van der Waals surface area contributed by atoms with E-state index in [1.807, 2.05) is 0 Å². The molecule has 2 unspecified atom stereocenters. The summed E-state index contributed by atoms with van der Waals surface area (Å²) in [6.07, 6.45) is 6.13. The molecule has 1 amide bonds. The Hall–Kier alpha value is -0.610. The lowest BCUT2D eigenvalue weighted by Crippen LogP contribution is -2.50. The van der Waals surface area contributed by atoms with Crippen LogP contribution in [-0.4, -0.2) is 29.2 Å². The lowest BCUT2D eigenvalue weighted by Gasteiger charge is -2.37. The van der Waals surface area contributed by atoms with Gasteiger partial charge in [-0.1, -0.05) is 0 Å². The Bertz CT molecular complexity index is 264. The van der Waals surface area contributed by atoms with E-state index in [1.165, 1.54) is 0 Å². The zero-order valence-corrected chi connectivity index (χ0v) is 9.74. The molecule has 0 aromatic carbocycles. The number of carbonyl (C=O) groups excluding carboxylic acids is 1. The second-order valence-corrected chi connectivity index (χ2v) is 5.53. The summed E-state index contributed by atoms with van der Waals surface area (Å²) in [5.41, 5.74) is 5.79.